The summed E-state index contributed by atoms with van der Waals surface area (Å²) in [6.45, 7) is 1.68. The van der Waals surface area contributed by atoms with Gasteiger partial charge in [0, 0.05) is 17.3 Å². The molecule has 0 fully saturated rings. The quantitative estimate of drug-likeness (QED) is 0.660. The number of hydrogen-bond acceptors (Lipinski definition) is 3. The number of nitrogens with zero attached hydrogens (tertiary/aromatic N) is 1. The Labute approximate surface area is 108 Å². The molecule has 0 spiro atoms. The Bertz CT molecular complexity index is 644. The molecule has 98 valence electrons. The molecule has 0 aliphatic heterocycles. The number of aromatic nitrogens is 1. The van der Waals surface area contributed by atoms with E-state index in [0.717, 1.165) is 6.07 Å². The lowest BCUT2D eigenvalue weighted by Gasteiger charge is -2.08. The van der Waals surface area contributed by atoms with E-state index in [9.17, 15) is 8.78 Å². The largest absolute Gasteiger partial charge is 0.436 e. The lowest BCUT2D eigenvalue weighted by molar-refractivity contribution is 0.405. The summed E-state index contributed by atoms with van der Waals surface area (Å²) in [4.78, 5) is 4.02. The molecule has 0 aliphatic carbocycles. The summed E-state index contributed by atoms with van der Waals surface area (Å²) in [6, 6.07) is 6.59. The van der Waals surface area contributed by atoms with E-state index in [1.54, 1.807) is 13.0 Å². The monoisotopic (exact) mass is 263 g/mol. The molecule has 19 heavy (non-hydrogen) atoms. The molecular formula is C13H11F2N3O. The SMILES string of the molecule is Cc1cc(C(=N)N)cc(Oc2cccc(F)c2F)n1. The lowest BCUT2D eigenvalue weighted by Crippen LogP contribution is -2.11. The maximum absolute atomic E-state index is 13.5. The van der Waals surface area contributed by atoms with Crippen LogP contribution < -0.4 is 10.5 Å². The highest BCUT2D eigenvalue weighted by molar-refractivity contribution is 5.95. The van der Waals surface area contributed by atoms with E-state index in [-0.39, 0.29) is 17.5 Å². The fraction of sp³-hybridized carbons (Fsp3) is 0.0769. The molecule has 1 aromatic carbocycles. The number of nitrogens with one attached hydrogen (secondary N) is 1. The van der Waals surface area contributed by atoms with Gasteiger partial charge in [-0.3, -0.25) is 5.41 Å². The van der Waals surface area contributed by atoms with Crippen LogP contribution in [0.1, 0.15) is 11.3 Å². The van der Waals surface area contributed by atoms with Gasteiger partial charge in [-0.2, -0.15) is 4.39 Å². The van der Waals surface area contributed by atoms with Crippen LogP contribution in [-0.4, -0.2) is 10.8 Å². The minimum Gasteiger partial charge on any atom is -0.436 e. The van der Waals surface area contributed by atoms with Gasteiger partial charge < -0.3 is 10.5 Å². The van der Waals surface area contributed by atoms with Crippen LogP contribution in [0.25, 0.3) is 0 Å². The fourth-order valence-corrected chi connectivity index (χ4v) is 1.52. The Morgan fingerprint density at radius 2 is 2.05 bits per heavy atom. The maximum Gasteiger partial charge on any atom is 0.220 e. The van der Waals surface area contributed by atoms with Gasteiger partial charge in [0.15, 0.2) is 11.6 Å². The average molecular weight is 263 g/mol. The number of halogens is 2. The third-order valence-electron chi connectivity index (χ3n) is 2.37. The summed E-state index contributed by atoms with van der Waals surface area (Å²) < 4.78 is 31.7. The average Bonchev–Trinajstić information content (AvgIpc) is 2.34. The van der Waals surface area contributed by atoms with Gasteiger partial charge in [0.25, 0.3) is 0 Å². The molecule has 0 amide bonds. The molecule has 6 heteroatoms. The van der Waals surface area contributed by atoms with E-state index in [4.69, 9.17) is 15.9 Å². The Morgan fingerprint density at radius 1 is 1.32 bits per heavy atom. The summed E-state index contributed by atoms with van der Waals surface area (Å²) in [5.41, 5.74) is 6.32. The normalized spacial score (nSPS) is 10.3. The van der Waals surface area contributed by atoms with E-state index < -0.39 is 11.6 Å². The third kappa shape index (κ3) is 2.85. The second-order valence-electron chi connectivity index (χ2n) is 3.90. The number of ether oxygens (including phenoxy) is 1. The molecular weight excluding hydrogens is 252 g/mol. The van der Waals surface area contributed by atoms with Gasteiger partial charge in [-0.1, -0.05) is 6.07 Å². The van der Waals surface area contributed by atoms with Crippen molar-refractivity contribution < 1.29 is 13.5 Å². The highest BCUT2D eigenvalue weighted by Gasteiger charge is 2.11. The lowest BCUT2D eigenvalue weighted by atomic mass is 10.2. The Kier molecular flexibility index (Phi) is 3.41. The smallest absolute Gasteiger partial charge is 0.220 e. The van der Waals surface area contributed by atoms with E-state index in [0.29, 0.717) is 11.3 Å². The first-order valence-electron chi connectivity index (χ1n) is 5.42. The van der Waals surface area contributed by atoms with Crippen LogP contribution in [0.15, 0.2) is 30.3 Å². The molecule has 0 aliphatic rings. The number of pyridine rings is 1. The molecule has 0 radical (unpaired) electrons. The molecule has 0 unspecified atom stereocenters. The standard InChI is InChI=1S/C13H11F2N3O/c1-7-5-8(13(16)17)6-11(18-7)19-10-4-2-3-9(14)12(10)15/h2-6H,1H3,(H3,16,17). The molecule has 2 aromatic rings. The summed E-state index contributed by atoms with van der Waals surface area (Å²) in [5.74, 6) is -2.47. The second-order valence-corrected chi connectivity index (χ2v) is 3.90. The van der Waals surface area contributed by atoms with Crippen molar-refractivity contribution in [2.45, 2.75) is 6.92 Å². The zero-order valence-electron chi connectivity index (χ0n) is 10.1. The molecule has 3 N–H and O–H groups in total. The molecule has 1 aromatic heterocycles. The van der Waals surface area contributed by atoms with Crippen LogP contribution in [0, 0.1) is 24.0 Å². The maximum atomic E-state index is 13.5. The van der Waals surface area contributed by atoms with Crippen molar-refractivity contribution in [1.29, 1.82) is 5.41 Å². The highest BCUT2D eigenvalue weighted by atomic mass is 19.2. The van der Waals surface area contributed by atoms with Crippen LogP contribution in [0.3, 0.4) is 0 Å². The number of benzene rings is 1. The molecule has 0 saturated carbocycles. The van der Waals surface area contributed by atoms with Crippen molar-refractivity contribution in [3.05, 3.63) is 53.2 Å². The minimum absolute atomic E-state index is 0.0506. The molecule has 0 bridgehead atoms. The van der Waals surface area contributed by atoms with Crippen LogP contribution in [0.2, 0.25) is 0 Å². The third-order valence-corrected chi connectivity index (χ3v) is 2.37. The van der Waals surface area contributed by atoms with Crippen LogP contribution >= 0.6 is 0 Å². The summed E-state index contributed by atoms with van der Waals surface area (Å²) in [7, 11) is 0. The molecule has 1 heterocycles. The van der Waals surface area contributed by atoms with E-state index in [2.05, 4.69) is 4.98 Å². The Balaban J connectivity index is 2.38. The molecule has 0 saturated heterocycles. The van der Waals surface area contributed by atoms with Crippen LogP contribution in [-0.2, 0) is 0 Å². The summed E-state index contributed by atoms with van der Waals surface area (Å²) in [6.07, 6.45) is 0. The molecule has 4 nitrogen and oxygen atoms in total. The van der Waals surface area contributed by atoms with Crippen LogP contribution in [0.4, 0.5) is 8.78 Å². The Morgan fingerprint density at radius 3 is 2.74 bits per heavy atom. The van der Waals surface area contributed by atoms with Gasteiger partial charge in [-0.05, 0) is 25.1 Å². The topological polar surface area (TPSA) is 72.0 Å². The predicted octanol–water partition coefficient (Wildman–Crippen LogP) is 2.74. The minimum atomic E-state index is -1.09. The van der Waals surface area contributed by atoms with Crippen molar-refractivity contribution in [3.8, 4) is 11.6 Å². The first kappa shape index (κ1) is 12.9. The van der Waals surface area contributed by atoms with Crippen molar-refractivity contribution >= 4 is 5.84 Å². The predicted molar refractivity (Wildman–Crippen MR) is 66.4 cm³/mol. The number of hydrogen-bond donors (Lipinski definition) is 2. The summed E-state index contributed by atoms with van der Waals surface area (Å²) >= 11 is 0. The molecule has 2 rings (SSSR count). The summed E-state index contributed by atoms with van der Waals surface area (Å²) in [5, 5.41) is 7.35. The van der Waals surface area contributed by atoms with Crippen LogP contribution in [0.5, 0.6) is 11.6 Å². The number of amidine groups is 1. The van der Waals surface area contributed by atoms with Crippen molar-refractivity contribution in [1.82, 2.24) is 4.98 Å². The zero-order chi connectivity index (χ0) is 14.0. The number of nitrogen functional groups attached to an aromatic ring is 1. The number of rotatable bonds is 3. The van der Waals surface area contributed by atoms with Gasteiger partial charge in [0.1, 0.15) is 5.84 Å². The fourth-order valence-electron chi connectivity index (χ4n) is 1.52. The van der Waals surface area contributed by atoms with E-state index in [1.165, 1.54) is 18.2 Å². The molecule has 0 atom stereocenters. The Hall–Kier alpha value is -2.50. The van der Waals surface area contributed by atoms with E-state index >= 15 is 0 Å². The number of nitrogens with two attached hydrogens (primary N) is 1. The second kappa shape index (κ2) is 5.01. The van der Waals surface area contributed by atoms with E-state index in [1.807, 2.05) is 0 Å². The van der Waals surface area contributed by atoms with Crippen molar-refractivity contribution in [3.63, 3.8) is 0 Å². The van der Waals surface area contributed by atoms with Gasteiger partial charge >= 0.3 is 0 Å². The van der Waals surface area contributed by atoms with Crippen molar-refractivity contribution in [2.24, 2.45) is 5.73 Å². The van der Waals surface area contributed by atoms with Crippen molar-refractivity contribution in [2.75, 3.05) is 0 Å². The van der Waals surface area contributed by atoms with Gasteiger partial charge in [0.05, 0.1) is 0 Å². The van der Waals surface area contributed by atoms with Gasteiger partial charge in [-0.25, -0.2) is 9.37 Å². The van der Waals surface area contributed by atoms with Gasteiger partial charge in [0.2, 0.25) is 11.7 Å². The van der Waals surface area contributed by atoms with Gasteiger partial charge in [-0.15, -0.1) is 0 Å². The first-order valence-corrected chi connectivity index (χ1v) is 5.42. The first-order chi connectivity index (χ1) is 8.97. The highest BCUT2D eigenvalue weighted by Crippen LogP contribution is 2.25. The zero-order valence-corrected chi connectivity index (χ0v) is 10.1. The number of aryl methyl sites for hydroxylation is 1.